The third-order valence-corrected chi connectivity index (χ3v) is 6.97. The number of likely N-dealkylation sites (tertiary alicyclic amines) is 1. The zero-order valence-electron chi connectivity index (χ0n) is 22.4. The van der Waals surface area contributed by atoms with E-state index in [4.69, 9.17) is 15.2 Å². The highest BCUT2D eigenvalue weighted by Crippen LogP contribution is 2.36. The van der Waals surface area contributed by atoms with Gasteiger partial charge in [-0.25, -0.2) is 9.38 Å². The van der Waals surface area contributed by atoms with E-state index in [0.29, 0.717) is 24.7 Å². The molecule has 2 saturated heterocycles. The third-order valence-electron chi connectivity index (χ3n) is 6.97. The number of allylic oxidation sites excluding steroid dienone is 1. The normalized spacial score (nSPS) is 26.3. The van der Waals surface area contributed by atoms with Crippen LogP contribution in [0.25, 0.3) is 0 Å². The van der Waals surface area contributed by atoms with Gasteiger partial charge >= 0.3 is 6.61 Å². The summed E-state index contributed by atoms with van der Waals surface area (Å²) in [4.78, 5) is 6.36. The van der Waals surface area contributed by atoms with Crippen molar-refractivity contribution in [2.24, 2.45) is 10.7 Å². The van der Waals surface area contributed by atoms with Crippen LogP contribution >= 0.6 is 0 Å². The number of halogens is 3. The van der Waals surface area contributed by atoms with Crippen LogP contribution in [-0.4, -0.2) is 60.1 Å². The number of hydrogen-bond donors (Lipinski definition) is 4. The molecule has 8 nitrogen and oxygen atoms in total. The van der Waals surface area contributed by atoms with Crippen molar-refractivity contribution >= 4 is 6.21 Å². The molecule has 0 radical (unpaired) electrons. The first kappa shape index (κ1) is 27.5. The molecule has 1 aromatic rings. The van der Waals surface area contributed by atoms with Gasteiger partial charge in [0, 0.05) is 41.8 Å². The van der Waals surface area contributed by atoms with Crippen LogP contribution in [0.15, 0.2) is 34.8 Å². The fourth-order valence-electron chi connectivity index (χ4n) is 5.56. The number of nitrogens with zero attached hydrogens (tertiary/aromatic N) is 2. The zero-order valence-corrected chi connectivity index (χ0v) is 22.4. The van der Waals surface area contributed by atoms with Gasteiger partial charge in [-0.15, -0.1) is 0 Å². The third kappa shape index (κ3) is 6.50. The predicted molar refractivity (Wildman–Crippen MR) is 137 cm³/mol. The highest BCUT2D eigenvalue weighted by molar-refractivity contribution is 5.78. The second kappa shape index (κ2) is 9.99. The Bertz CT molecular complexity index is 1040. The van der Waals surface area contributed by atoms with Crippen LogP contribution in [-0.2, 0) is 5.79 Å². The van der Waals surface area contributed by atoms with Crippen molar-refractivity contribution in [3.63, 3.8) is 0 Å². The summed E-state index contributed by atoms with van der Waals surface area (Å²) in [6, 6.07) is 4.87. The first-order valence-electron chi connectivity index (χ1n) is 12.7. The van der Waals surface area contributed by atoms with E-state index >= 15 is 0 Å². The van der Waals surface area contributed by atoms with E-state index in [-0.39, 0.29) is 40.5 Å². The molecule has 0 saturated carbocycles. The average Bonchev–Trinajstić information content (AvgIpc) is 2.71. The predicted octanol–water partition coefficient (Wildman–Crippen LogP) is 3.54. The minimum absolute atomic E-state index is 0.0309. The number of alkyl halides is 2. The lowest BCUT2D eigenvalue weighted by atomic mass is 9.79. The van der Waals surface area contributed by atoms with Crippen molar-refractivity contribution in [1.82, 2.24) is 20.9 Å². The summed E-state index contributed by atoms with van der Waals surface area (Å²) >= 11 is 0. The molecule has 3 heterocycles. The highest BCUT2D eigenvalue weighted by atomic mass is 19.3. The Labute approximate surface area is 216 Å². The van der Waals surface area contributed by atoms with E-state index in [1.54, 1.807) is 6.07 Å². The van der Waals surface area contributed by atoms with E-state index in [1.165, 1.54) is 12.1 Å². The maximum absolute atomic E-state index is 14.8. The van der Waals surface area contributed by atoms with E-state index in [1.807, 2.05) is 0 Å². The summed E-state index contributed by atoms with van der Waals surface area (Å²) in [5.74, 6) is -2.03. The van der Waals surface area contributed by atoms with Gasteiger partial charge in [-0.05, 0) is 72.6 Å². The molecule has 4 rings (SSSR count). The van der Waals surface area contributed by atoms with Gasteiger partial charge in [-0.1, -0.05) is 0 Å². The van der Waals surface area contributed by atoms with Gasteiger partial charge in [-0.3, -0.25) is 10.6 Å². The number of nitrogens with two attached hydrogens (primary N) is 1. The van der Waals surface area contributed by atoms with Gasteiger partial charge in [0.2, 0.25) is 5.79 Å². The molecule has 0 aromatic heterocycles. The Kier molecular flexibility index (Phi) is 7.44. The fourth-order valence-corrected chi connectivity index (χ4v) is 5.56. The van der Waals surface area contributed by atoms with Crippen molar-refractivity contribution in [3.05, 3.63) is 35.4 Å². The first-order chi connectivity index (χ1) is 17.1. The van der Waals surface area contributed by atoms with Crippen molar-refractivity contribution in [2.75, 3.05) is 13.1 Å². The van der Waals surface area contributed by atoms with Gasteiger partial charge in [-0.2, -0.15) is 8.78 Å². The Hall–Kier alpha value is -2.50. The lowest BCUT2D eigenvalue weighted by molar-refractivity contribution is -0.0552. The first-order valence-corrected chi connectivity index (χ1v) is 12.7. The second-order valence-corrected chi connectivity index (χ2v) is 11.8. The summed E-state index contributed by atoms with van der Waals surface area (Å²) < 4.78 is 52.0. The molecule has 5 N–H and O–H groups in total. The molecule has 1 aromatic carbocycles. The molecule has 37 heavy (non-hydrogen) atoms. The molecule has 2 fully saturated rings. The molecular weight excluding hydrogens is 485 g/mol. The number of ether oxygens (including phenoxy) is 2. The molecule has 1 atom stereocenters. The fraction of sp³-hybridized carbons (Fsp3) is 0.654. The number of aliphatic imine (C=N–C) groups is 1. The number of hydrogen-bond acceptors (Lipinski definition) is 8. The molecular formula is C26H39F3N6O2. The summed E-state index contributed by atoms with van der Waals surface area (Å²) in [6.07, 6.45) is 2.44. The molecule has 206 valence electrons. The van der Waals surface area contributed by atoms with Crippen LogP contribution < -0.4 is 31.2 Å². The lowest BCUT2D eigenvalue weighted by Gasteiger charge is -2.47. The van der Waals surface area contributed by atoms with Crippen LogP contribution in [0.3, 0.4) is 0 Å². The number of rotatable bonds is 8. The van der Waals surface area contributed by atoms with Gasteiger partial charge in [0.05, 0.1) is 6.21 Å². The molecule has 1 unspecified atom stereocenters. The van der Waals surface area contributed by atoms with Gasteiger partial charge in [0.15, 0.2) is 17.3 Å². The molecule has 0 aliphatic carbocycles. The Morgan fingerprint density at radius 2 is 1.76 bits per heavy atom. The molecule has 0 bridgehead atoms. The van der Waals surface area contributed by atoms with Crippen LogP contribution in [0, 0.1) is 0 Å². The smallest absolute Gasteiger partial charge is 0.387 e. The maximum Gasteiger partial charge on any atom is 0.387 e. The van der Waals surface area contributed by atoms with E-state index in [2.05, 4.69) is 67.4 Å². The summed E-state index contributed by atoms with van der Waals surface area (Å²) in [6.45, 7) is 10.9. The van der Waals surface area contributed by atoms with Gasteiger partial charge < -0.3 is 25.4 Å². The van der Waals surface area contributed by atoms with Gasteiger partial charge in [0.25, 0.3) is 0 Å². The number of nitrogens with one attached hydrogen (secondary N) is 3. The Balaban J connectivity index is 1.52. The molecule has 0 spiro atoms. The van der Waals surface area contributed by atoms with Crippen molar-refractivity contribution < 1.29 is 22.6 Å². The van der Waals surface area contributed by atoms with Crippen LogP contribution in [0.2, 0.25) is 0 Å². The SMILES string of the molecule is CC(C)N1CC(Oc2ccc(C3(N)N=CC(F)=C(NC4CC(C)(C)NC(C)(C)C4)N3)cc2OC(F)F)C1. The van der Waals surface area contributed by atoms with E-state index < -0.39 is 18.2 Å². The van der Waals surface area contributed by atoms with Crippen molar-refractivity contribution in [2.45, 2.75) is 96.0 Å². The average molecular weight is 525 g/mol. The topological polar surface area (TPSA) is 96.2 Å². The highest BCUT2D eigenvalue weighted by Gasteiger charge is 2.40. The minimum Gasteiger partial charge on any atom is -0.484 e. The summed E-state index contributed by atoms with van der Waals surface area (Å²) in [5, 5.41) is 9.80. The molecule has 3 aliphatic rings. The lowest BCUT2D eigenvalue weighted by Crippen LogP contribution is -2.63. The number of piperidine rings is 1. The van der Waals surface area contributed by atoms with Crippen LogP contribution in [0.5, 0.6) is 11.5 Å². The van der Waals surface area contributed by atoms with Crippen LogP contribution in [0.1, 0.15) is 59.9 Å². The molecule has 3 aliphatic heterocycles. The van der Waals surface area contributed by atoms with Crippen molar-refractivity contribution in [3.8, 4) is 11.5 Å². The molecule has 11 heteroatoms. The Morgan fingerprint density at radius 3 is 2.35 bits per heavy atom. The standard InChI is InChI=1S/C26H39F3N6O2/c1-15(2)35-13-18(14-35)36-20-8-7-16(9-21(20)37-23(28)29)26(30)31-12-19(27)22(33-26)32-17-10-24(3,4)34-25(5,6)11-17/h7-9,12,15,17-18,23,32-34H,10-11,13-14,30H2,1-6H3. The van der Waals surface area contributed by atoms with E-state index in [9.17, 15) is 13.2 Å². The molecule has 0 amide bonds. The Morgan fingerprint density at radius 1 is 1.11 bits per heavy atom. The monoisotopic (exact) mass is 524 g/mol. The largest absolute Gasteiger partial charge is 0.484 e. The summed E-state index contributed by atoms with van der Waals surface area (Å²) in [7, 11) is 0. The quantitative estimate of drug-likeness (QED) is 0.413. The van der Waals surface area contributed by atoms with Crippen LogP contribution in [0.4, 0.5) is 13.2 Å². The zero-order chi connectivity index (χ0) is 27.2. The minimum atomic E-state index is -3.05. The second-order valence-electron chi connectivity index (χ2n) is 11.8. The van der Waals surface area contributed by atoms with Gasteiger partial charge in [0.1, 0.15) is 11.9 Å². The van der Waals surface area contributed by atoms with Crippen molar-refractivity contribution in [1.29, 1.82) is 0 Å². The number of benzene rings is 1. The maximum atomic E-state index is 14.8. The summed E-state index contributed by atoms with van der Waals surface area (Å²) in [5.41, 5.74) is 6.55. The van der Waals surface area contributed by atoms with E-state index in [0.717, 1.165) is 19.1 Å².